The van der Waals surface area contributed by atoms with E-state index in [0.717, 1.165) is 43.7 Å². The minimum absolute atomic E-state index is 0.538. The van der Waals surface area contributed by atoms with E-state index in [4.69, 9.17) is 9.97 Å². The molecule has 0 fully saturated rings. The molecule has 0 aliphatic carbocycles. The number of thiophene rings is 2. The minimum Gasteiger partial charge on any atom is -0.362 e. The number of fused-ring (bicyclic) bond motifs is 1. The number of hydrogen-bond acceptors (Lipinski definition) is 7. The Kier molecular flexibility index (Phi) is 4.34. The van der Waals surface area contributed by atoms with Crippen LogP contribution in [-0.4, -0.2) is 24.7 Å². The highest BCUT2D eigenvalue weighted by Gasteiger charge is 2.17. The number of benzene rings is 1. The fraction of sp³-hybridized carbons (Fsp3) is 0.100. The van der Waals surface area contributed by atoms with E-state index in [1.807, 2.05) is 42.8 Å². The van der Waals surface area contributed by atoms with Gasteiger partial charge in [-0.2, -0.15) is 5.10 Å². The van der Waals surface area contributed by atoms with Gasteiger partial charge in [-0.05, 0) is 17.0 Å². The molecule has 0 radical (unpaired) electrons. The number of nitrogens with zero attached hydrogens (tertiary/aromatic N) is 5. The highest BCUT2D eigenvalue weighted by atomic mass is 32.1. The van der Waals surface area contributed by atoms with E-state index in [-0.39, 0.29) is 0 Å². The van der Waals surface area contributed by atoms with Crippen LogP contribution in [-0.2, 0) is 13.6 Å². The quantitative estimate of drug-likeness (QED) is 0.454. The third-order valence-corrected chi connectivity index (χ3v) is 6.22. The first-order valence-electron chi connectivity index (χ1n) is 8.75. The topological polar surface area (TPSA) is 68.5 Å². The lowest BCUT2D eigenvalue weighted by molar-refractivity contribution is 0.711. The van der Waals surface area contributed by atoms with Gasteiger partial charge in [0, 0.05) is 18.0 Å². The van der Waals surface area contributed by atoms with Crippen molar-refractivity contribution in [1.82, 2.24) is 24.7 Å². The number of aryl methyl sites for hydroxylation is 1. The normalized spacial score (nSPS) is 11.2. The molecule has 5 aromatic rings. The number of hydrogen-bond donors (Lipinski definition) is 1. The zero-order chi connectivity index (χ0) is 18.9. The van der Waals surface area contributed by atoms with Crippen molar-refractivity contribution in [2.45, 2.75) is 6.54 Å². The summed E-state index contributed by atoms with van der Waals surface area (Å²) in [6.07, 6.45) is 1.56. The van der Waals surface area contributed by atoms with Gasteiger partial charge in [0.2, 0.25) is 0 Å². The average Bonchev–Trinajstić information content (AvgIpc) is 3.47. The highest BCUT2D eigenvalue weighted by molar-refractivity contribution is 7.17. The van der Waals surface area contributed by atoms with Crippen LogP contribution in [0, 0.1) is 0 Å². The molecule has 0 aliphatic heterocycles. The molecule has 0 bridgehead atoms. The van der Waals surface area contributed by atoms with Crippen molar-refractivity contribution in [2.75, 3.05) is 5.32 Å². The van der Waals surface area contributed by atoms with Crippen molar-refractivity contribution in [3.8, 4) is 21.8 Å². The van der Waals surface area contributed by atoms with E-state index in [0.29, 0.717) is 6.54 Å². The number of nitrogens with one attached hydrogen (secondary N) is 1. The zero-order valence-electron chi connectivity index (χ0n) is 15.0. The molecular formula is C20H16N6S2. The lowest BCUT2D eigenvalue weighted by Gasteiger charge is -2.10. The summed E-state index contributed by atoms with van der Waals surface area (Å²) in [7, 11) is 1.89. The first-order chi connectivity index (χ1) is 13.8. The van der Waals surface area contributed by atoms with Gasteiger partial charge in [-0.25, -0.2) is 15.0 Å². The minimum atomic E-state index is 0.538. The second-order valence-electron chi connectivity index (χ2n) is 6.22. The second-order valence-corrected chi connectivity index (χ2v) is 8.03. The summed E-state index contributed by atoms with van der Waals surface area (Å²) in [5.41, 5.74) is 2.29. The van der Waals surface area contributed by atoms with Crippen molar-refractivity contribution in [3.63, 3.8) is 0 Å². The summed E-state index contributed by atoms with van der Waals surface area (Å²) in [5, 5.41) is 12.8. The Balaban J connectivity index is 1.65. The Bertz CT molecular complexity index is 1220. The summed E-state index contributed by atoms with van der Waals surface area (Å²) in [6.45, 7) is 0.538. The van der Waals surface area contributed by atoms with E-state index < -0.39 is 0 Å². The van der Waals surface area contributed by atoms with E-state index in [1.54, 1.807) is 33.7 Å². The van der Waals surface area contributed by atoms with Gasteiger partial charge in [0.15, 0.2) is 5.82 Å². The van der Waals surface area contributed by atoms with Crippen LogP contribution in [0.5, 0.6) is 0 Å². The maximum atomic E-state index is 4.87. The Hall–Kier alpha value is -3.10. The van der Waals surface area contributed by atoms with E-state index in [1.165, 1.54) is 0 Å². The average molecular weight is 405 g/mol. The van der Waals surface area contributed by atoms with Crippen LogP contribution in [0.25, 0.3) is 32.0 Å². The molecule has 0 amide bonds. The van der Waals surface area contributed by atoms with Crippen LogP contribution in [0.3, 0.4) is 0 Å². The molecule has 138 valence electrons. The van der Waals surface area contributed by atoms with Crippen molar-refractivity contribution in [3.05, 3.63) is 65.4 Å². The number of anilines is 1. The Morgan fingerprint density at radius 2 is 1.93 bits per heavy atom. The van der Waals surface area contributed by atoms with Gasteiger partial charge in [0.1, 0.15) is 22.8 Å². The van der Waals surface area contributed by atoms with Gasteiger partial charge in [-0.3, -0.25) is 4.68 Å². The molecule has 0 spiro atoms. The first kappa shape index (κ1) is 17.0. The molecule has 5 rings (SSSR count). The lowest BCUT2D eigenvalue weighted by atomic mass is 10.1. The van der Waals surface area contributed by atoms with Crippen molar-refractivity contribution >= 4 is 38.7 Å². The summed E-state index contributed by atoms with van der Waals surface area (Å²) in [6, 6.07) is 14.4. The Morgan fingerprint density at radius 3 is 2.68 bits per heavy atom. The van der Waals surface area contributed by atoms with E-state index >= 15 is 0 Å². The largest absolute Gasteiger partial charge is 0.362 e. The Labute approximate surface area is 169 Å². The first-order valence-corrected chi connectivity index (χ1v) is 10.5. The molecule has 0 atom stereocenters. The molecule has 28 heavy (non-hydrogen) atoms. The van der Waals surface area contributed by atoms with Gasteiger partial charge in [0.05, 0.1) is 16.8 Å². The monoisotopic (exact) mass is 404 g/mol. The van der Waals surface area contributed by atoms with E-state index in [9.17, 15) is 0 Å². The third-order valence-electron chi connectivity index (χ3n) is 4.48. The van der Waals surface area contributed by atoms with Gasteiger partial charge < -0.3 is 5.32 Å². The SMILES string of the molecule is Cn1ncnc1CNc1nc(-c2cccs2)nc2scc(-c3ccccc3)c12. The molecule has 0 aliphatic rings. The number of rotatable bonds is 5. The summed E-state index contributed by atoms with van der Waals surface area (Å²) < 4.78 is 1.76. The van der Waals surface area contributed by atoms with Crippen molar-refractivity contribution in [2.24, 2.45) is 7.05 Å². The van der Waals surface area contributed by atoms with E-state index in [2.05, 4.69) is 32.9 Å². The van der Waals surface area contributed by atoms with Crippen LogP contribution in [0.1, 0.15) is 5.82 Å². The number of aromatic nitrogens is 5. The summed E-state index contributed by atoms with van der Waals surface area (Å²) in [4.78, 5) is 16.0. The van der Waals surface area contributed by atoms with Gasteiger partial charge in [0.25, 0.3) is 0 Å². The molecule has 4 aromatic heterocycles. The Morgan fingerprint density at radius 1 is 1.04 bits per heavy atom. The molecule has 0 saturated heterocycles. The molecule has 6 nitrogen and oxygen atoms in total. The highest BCUT2D eigenvalue weighted by Crippen LogP contribution is 2.38. The summed E-state index contributed by atoms with van der Waals surface area (Å²) in [5.74, 6) is 2.40. The van der Waals surface area contributed by atoms with Crippen LogP contribution >= 0.6 is 22.7 Å². The van der Waals surface area contributed by atoms with Crippen molar-refractivity contribution < 1.29 is 0 Å². The maximum Gasteiger partial charge on any atom is 0.173 e. The van der Waals surface area contributed by atoms with Crippen LogP contribution in [0.15, 0.2) is 59.6 Å². The fourth-order valence-electron chi connectivity index (χ4n) is 3.06. The lowest BCUT2D eigenvalue weighted by Crippen LogP contribution is -2.08. The standard InChI is InChI=1S/C20H16N6S2/c1-26-16(22-12-23-26)10-21-19-17-14(13-6-3-2-4-7-13)11-28-20(17)25-18(24-19)15-8-5-9-27-15/h2-9,11-12H,10H2,1H3,(H,21,24,25). The van der Waals surface area contributed by atoms with Gasteiger partial charge in [-0.15, -0.1) is 22.7 Å². The molecular weight excluding hydrogens is 388 g/mol. The summed E-state index contributed by atoms with van der Waals surface area (Å²) >= 11 is 3.28. The predicted octanol–water partition coefficient (Wildman–Crippen LogP) is 4.83. The maximum absolute atomic E-state index is 4.87. The third kappa shape index (κ3) is 3.06. The van der Waals surface area contributed by atoms with Crippen LogP contribution < -0.4 is 5.32 Å². The van der Waals surface area contributed by atoms with Crippen LogP contribution in [0.4, 0.5) is 5.82 Å². The molecule has 1 N–H and O–H groups in total. The molecule has 4 heterocycles. The predicted molar refractivity (Wildman–Crippen MR) is 114 cm³/mol. The van der Waals surface area contributed by atoms with Crippen molar-refractivity contribution in [1.29, 1.82) is 0 Å². The fourth-order valence-corrected chi connectivity index (χ4v) is 4.66. The van der Waals surface area contributed by atoms with Crippen LogP contribution in [0.2, 0.25) is 0 Å². The molecule has 0 unspecified atom stereocenters. The second kappa shape index (κ2) is 7.14. The molecule has 0 saturated carbocycles. The zero-order valence-corrected chi connectivity index (χ0v) is 16.7. The van der Waals surface area contributed by atoms with Gasteiger partial charge >= 0.3 is 0 Å². The van der Waals surface area contributed by atoms with Gasteiger partial charge in [-0.1, -0.05) is 36.4 Å². The smallest absolute Gasteiger partial charge is 0.173 e. The molecule has 1 aromatic carbocycles. The molecule has 8 heteroatoms.